The Bertz CT molecular complexity index is 1890. The fraction of sp³-hybridized carbons (Fsp3) is 0. The van der Waals surface area contributed by atoms with Gasteiger partial charge in [0.05, 0.1) is 59.7 Å². The summed E-state index contributed by atoms with van der Waals surface area (Å²) < 4.78 is 0. The first-order valence-electron chi connectivity index (χ1n) is 15.7. The predicted molar refractivity (Wildman–Crippen MR) is 176 cm³/mol. The quantitative estimate of drug-likeness (QED) is 0.125. The largest absolute Gasteiger partial charge is 0.545 e. The fourth-order valence-corrected chi connectivity index (χ4v) is 4.20. The van der Waals surface area contributed by atoms with Crippen molar-refractivity contribution >= 4 is 59.7 Å². The fourth-order valence-electron chi connectivity index (χ4n) is 4.20. The summed E-state index contributed by atoms with van der Waals surface area (Å²) in [6.07, 6.45) is 0. The number of rotatable bonds is 10. The molecular formula is C40H20O20V2-10. The molecule has 0 aromatic heterocycles. The van der Waals surface area contributed by atoms with E-state index >= 15 is 0 Å². The second kappa shape index (κ2) is 27.6. The summed E-state index contributed by atoms with van der Waals surface area (Å²) in [7, 11) is 0. The van der Waals surface area contributed by atoms with E-state index in [9.17, 15) is 99.0 Å². The second-order valence-corrected chi connectivity index (χ2v) is 10.6. The third-order valence-corrected chi connectivity index (χ3v) is 6.83. The van der Waals surface area contributed by atoms with Crippen LogP contribution in [0.1, 0.15) is 104 Å². The molecule has 22 heteroatoms. The van der Waals surface area contributed by atoms with Crippen LogP contribution in [0.5, 0.6) is 0 Å². The topological polar surface area (TPSA) is 401 Å². The molecule has 0 bridgehead atoms. The number of carboxylic acids is 10. The maximum Gasteiger partial charge on any atom is 0.0721 e. The summed E-state index contributed by atoms with van der Waals surface area (Å²) in [5.74, 6) is -15.2. The molecule has 5 rings (SSSR count). The summed E-state index contributed by atoms with van der Waals surface area (Å²) in [5, 5.41) is 103. The van der Waals surface area contributed by atoms with Gasteiger partial charge < -0.3 is 99.0 Å². The van der Waals surface area contributed by atoms with Gasteiger partial charge in [-0.1, -0.05) is 121 Å². The van der Waals surface area contributed by atoms with Crippen molar-refractivity contribution < 1.29 is 136 Å². The summed E-state index contributed by atoms with van der Waals surface area (Å²) in [5.41, 5.74) is -3.63. The van der Waals surface area contributed by atoms with Crippen LogP contribution in [0.15, 0.2) is 121 Å². The van der Waals surface area contributed by atoms with Gasteiger partial charge in [-0.15, -0.1) is 0 Å². The van der Waals surface area contributed by atoms with Crippen molar-refractivity contribution in [1.29, 1.82) is 0 Å². The molecule has 0 spiro atoms. The zero-order valence-corrected chi connectivity index (χ0v) is 33.4. The van der Waals surface area contributed by atoms with Crippen molar-refractivity contribution in [1.82, 2.24) is 0 Å². The van der Waals surface area contributed by atoms with Crippen molar-refractivity contribution in [3.05, 3.63) is 177 Å². The third-order valence-electron chi connectivity index (χ3n) is 6.83. The third kappa shape index (κ3) is 17.8. The SMILES string of the molecule is O=C([O-])c1ccccc1C(=O)[O-].O=C([O-])c1ccccc1C(=O)[O-].O=C([O-])c1ccccc1C(=O)[O-].O=C([O-])c1ccccc1C(=O)[O-].O=C([O-])c1ccccc1C(=O)[O-].[V].[V]. The molecule has 20 nitrogen and oxygen atoms in total. The van der Waals surface area contributed by atoms with Crippen LogP contribution in [0.25, 0.3) is 0 Å². The van der Waals surface area contributed by atoms with Crippen LogP contribution in [0.2, 0.25) is 0 Å². The van der Waals surface area contributed by atoms with Gasteiger partial charge in [-0.25, -0.2) is 0 Å². The minimum Gasteiger partial charge on any atom is -0.545 e. The number of benzene rings is 5. The molecule has 320 valence electrons. The van der Waals surface area contributed by atoms with Crippen LogP contribution >= 0.6 is 0 Å². The molecule has 0 aliphatic rings. The van der Waals surface area contributed by atoms with Gasteiger partial charge in [-0.05, 0) is 0 Å². The van der Waals surface area contributed by atoms with E-state index in [1.807, 2.05) is 0 Å². The average Bonchev–Trinajstić information content (AvgIpc) is 3.21. The van der Waals surface area contributed by atoms with Crippen LogP contribution in [-0.2, 0) is 37.1 Å². The van der Waals surface area contributed by atoms with E-state index < -0.39 is 59.7 Å². The van der Waals surface area contributed by atoms with Crippen molar-refractivity contribution in [2.45, 2.75) is 0 Å². The Morgan fingerprint density at radius 3 is 0.306 bits per heavy atom. The molecule has 0 N–H and O–H groups in total. The van der Waals surface area contributed by atoms with Crippen LogP contribution in [0.4, 0.5) is 0 Å². The zero-order valence-electron chi connectivity index (χ0n) is 30.6. The molecule has 0 atom stereocenters. The number of carbonyl (C=O) groups is 10. The van der Waals surface area contributed by atoms with Crippen LogP contribution < -0.4 is 51.1 Å². The Kier molecular flexibility index (Phi) is 25.0. The minimum absolute atomic E-state index is 0. The Hall–Kier alpha value is -8.03. The first kappa shape index (κ1) is 56.1. The normalized spacial score (nSPS) is 9.03. The van der Waals surface area contributed by atoms with Crippen molar-refractivity contribution in [3.63, 3.8) is 0 Å². The average molecular weight is 922 g/mol. The predicted octanol–water partition coefficient (Wildman–Crippen LogP) is -7.94. The van der Waals surface area contributed by atoms with E-state index in [-0.39, 0.29) is 92.7 Å². The molecule has 0 aliphatic carbocycles. The number of hydrogen-bond acceptors (Lipinski definition) is 20. The van der Waals surface area contributed by atoms with Crippen LogP contribution in [0, 0.1) is 0 Å². The van der Waals surface area contributed by atoms with E-state index in [2.05, 4.69) is 0 Å². The number of aromatic carboxylic acids is 10. The molecule has 62 heavy (non-hydrogen) atoms. The molecule has 0 fully saturated rings. The molecule has 2 radical (unpaired) electrons. The number of carbonyl (C=O) groups excluding carboxylic acids is 10. The molecule has 0 saturated heterocycles. The van der Waals surface area contributed by atoms with Crippen molar-refractivity contribution in [2.24, 2.45) is 0 Å². The van der Waals surface area contributed by atoms with Crippen LogP contribution in [0.3, 0.4) is 0 Å². The Labute approximate surface area is 371 Å². The minimum atomic E-state index is -1.52. The monoisotopic (exact) mass is 922 g/mol. The van der Waals surface area contributed by atoms with E-state index in [0.29, 0.717) is 0 Å². The van der Waals surface area contributed by atoms with Gasteiger partial charge in [0.15, 0.2) is 0 Å². The molecule has 0 saturated carbocycles. The molecule has 5 aromatic rings. The zero-order chi connectivity index (χ0) is 45.7. The van der Waals surface area contributed by atoms with Crippen molar-refractivity contribution in [3.8, 4) is 0 Å². The summed E-state index contributed by atoms with van der Waals surface area (Å²) in [6, 6.07) is 25.7. The summed E-state index contributed by atoms with van der Waals surface area (Å²) in [6.45, 7) is 0. The van der Waals surface area contributed by atoms with E-state index in [1.165, 1.54) is 60.7 Å². The second-order valence-electron chi connectivity index (χ2n) is 10.6. The molecule has 0 unspecified atom stereocenters. The van der Waals surface area contributed by atoms with E-state index in [4.69, 9.17) is 0 Å². The van der Waals surface area contributed by atoms with Gasteiger partial charge in [0.1, 0.15) is 0 Å². The van der Waals surface area contributed by atoms with Gasteiger partial charge in [0.25, 0.3) is 0 Å². The smallest absolute Gasteiger partial charge is 0.0721 e. The Morgan fingerprint density at radius 1 is 0.194 bits per heavy atom. The molecule has 0 amide bonds. The summed E-state index contributed by atoms with van der Waals surface area (Å²) in [4.78, 5) is 103. The number of carboxylic acid groups (broad SMARTS) is 10. The first-order valence-corrected chi connectivity index (χ1v) is 15.7. The molecular weight excluding hydrogens is 902 g/mol. The van der Waals surface area contributed by atoms with Gasteiger partial charge in [0.2, 0.25) is 0 Å². The number of hydrogen-bond donors (Lipinski definition) is 0. The van der Waals surface area contributed by atoms with Gasteiger partial charge in [-0.3, -0.25) is 0 Å². The molecule has 0 aliphatic heterocycles. The van der Waals surface area contributed by atoms with Gasteiger partial charge in [-0.2, -0.15) is 0 Å². The first-order chi connectivity index (χ1) is 28.1. The van der Waals surface area contributed by atoms with Gasteiger partial charge >= 0.3 is 0 Å². The van der Waals surface area contributed by atoms with E-state index in [0.717, 1.165) is 60.7 Å². The van der Waals surface area contributed by atoms with Gasteiger partial charge in [0, 0.05) is 92.7 Å². The summed E-state index contributed by atoms with van der Waals surface area (Å²) >= 11 is 0. The Balaban J connectivity index is 0. The maximum atomic E-state index is 10.3. The Morgan fingerprint density at radius 2 is 0.258 bits per heavy atom. The molecule has 5 aromatic carbocycles. The van der Waals surface area contributed by atoms with Crippen LogP contribution in [-0.4, -0.2) is 59.7 Å². The van der Waals surface area contributed by atoms with Crippen molar-refractivity contribution in [2.75, 3.05) is 0 Å². The maximum absolute atomic E-state index is 10.3. The van der Waals surface area contributed by atoms with E-state index in [1.54, 1.807) is 0 Å². The standard InChI is InChI=1S/5C8H6O4.2V/c5*9-7(10)5-3-1-2-4-6(5)8(11)12;;/h5*1-4H,(H,9,10)(H,11,12);;/p-10. The molecule has 0 heterocycles.